The van der Waals surface area contributed by atoms with Crippen molar-refractivity contribution >= 4 is 38.9 Å². The van der Waals surface area contributed by atoms with Crippen LogP contribution in [0.3, 0.4) is 0 Å². The van der Waals surface area contributed by atoms with Gasteiger partial charge in [-0.1, -0.05) is 35.1 Å². The standard InChI is InChI=1S/C19H16ClN5O4S/c1-27-13-8-11(9-14(28-2)15(13)29-3)17(26)21-18-24-25-16(22-23-19(25)30-18)10-5-4-6-12(20)7-10/h4-9H,1-3H3,(H,21,24,26). The summed E-state index contributed by atoms with van der Waals surface area (Å²) in [6.07, 6.45) is 0. The summed E-state index contributed by atoms with van der Waals surface area (Å²) in [5.41, 5.74) is 1.09. The topological polar surface area (TPSA) is 99.9 Å². The highest BCUT2D eigenvalue weighted by atomic mass is 35.5. The molecule has 0 spiro atoms. The van der Waals surface area contributed by atoms with Crippen LogP contribution in [0.4, 0.5) is 5.13 Å². The second-order valence-electron chi connectivity index (χ2n) is 6.00. The van der Waals surface area contributed by atoms with Gasteiger partial charge in [0, 0.05) is 16.1 Å². The molecule has 30 heavy (non-hydrogen) atoms. The average Bonchev–Trinajstić information content (AvgIpc) is 3.32. The maximum atomic E-state index is 12.8. The van der Waals surface area contributed by atoms with Crippen LogP contribution in [0.1, 0.15) is 10.4 Å². The van der Waals surface area contributed by atoms with Crippen LogP contribution in [0.5, 0.6) is 17.2 Å². The number of ether oxygens (including phenoxy) is 3. The molecule has 1 N–H and O–H groups in total. The molecule has 11 heteroatoms. The van der Waals surface area contributed by atoms with Crippen molar-refractivity contribution in [3.63, 3.8) is 0 Å². The molecule has 1 amide bonds. The van der Waals surface area contributed by atoms with Gasteiger partial charge < -0.3 is 14.2 Å². The third kappa shape index (κ3) is 3.62. The zero-order valence-electron chi connectivity index (χ0n) is 16.2. The van der Waals surface area contributed by atoms with Crippen molar-refractivity contribution in [1.82, 2.24) is 19.8 Å². The van der Waals surface area contributed by atoms with Gasteiger partial charge in [-0.25, -0.2) is 0 Å². The highest BCUT2D eigenvalue weighted by Gasteiger charge is 2.19. The van der Waals surface area contributed by atoms with Crippen molar-refractivity contribution in [1.29, 1.82) is 0 Å². The van der Waals surface area contributed by atoms with E-state index in [1.807, 2.05) is 12.1 Å². The molecule has 0 aliphatic heterocycles. The van der Waals surface area contributed by atoms with E-state index in [4.69, 9.17) is 25.8 Å². The van der Waals surface area contributed by atoms with Gasteiger partial charge in [0.2, 0.25) is 15.8 Å². The van der Waals surface area contributed by atoms with Crippen molar-refractivity contribution in [3.05, 3.63) is 47.0 Å². The molecule has 0 radical (unpaired) electrons. The monoisotopic (exact) mass is 445 g/mol. The number of nitrogens with zero attached hydrogens (tertiary/aromatic N) is 4. The van der Waals surface area contributed by atoms with Crippen molar-refractivity contribution in [2.45, 2.75) is 0 Å². The average molecular weight is 446 g/mol. The summed E-state index contributed by atoms with van der Waals surface area (Å²) in [7, 11) is 4.47. The molecule has 2 heterocycles. The van der Waals surface area contributed by atoms with Crippen LogP contribution < -0.4 is 19.5 Å². The summed E-state index contributed by atoms with van der Waals surface area (Å²) >= 11 is 7.26. The molecule has 2 aromatic carbocycles. The fraction of sp³-hybridized carbons (Fsp3) is 0.158. The normalized spacial score (nSPS) is 10.8. The van der Waals surface area contributed by atoms with Gasteiger partial charge in [0.1, 0.15) is 0 Å². The predicted molar refractivity (Wildman–Crippen MR) is 113 cm³/mol. The Labute approximate surface area is 180 Å². The summed E-state index contributed by atoms with van der Waals surface area (Å²) in [5.74, 6) is 1.30. The first-order valence-electron chi connectivity index (χ1n) is 8.63. The zero-order chi connectivity index (χ0) is 21.3. The highest BCUT2D eigenvalue weighted by molar-refractivity contribution is 7.20. The smallest absolute Gasteiger partial charge is 0.257 e. The first kappa shape index (κ1) is 19.9. The SMILES string of the molecule is COc1cc(C(=O)Nc2nn3c(-c4cccc(Cl)c4)nnc3s2)cc(OC)c1OC. The van der Waals surface area contributed by atoms with E-state index in [0.29, 0.717) is 43.8 Å². The number of rotatable bonds is 6. The number of hydrogen-bond acceptors (Lipinski definition) is 8. The Morgan fingerprint density at radius 2 is 1.80 bits per heavy atom. The van der Waals surface area contributed by atoms with Crippen LogP contribution in [-0.4, -0.2) is 47.0 Å². The van der Waals surface area contributed by atoms with Crippen molar-refractivity contribution < 1.29 is 19.0 Å². The van der Waals surface area contributed by atoms with Crippen molar-refractivity contribution in [2.75, 3.05) is 26.6 Å². The fourth-order valence-electron chi connectivity index (χ4n) is 2.86. The number of methoxy groups -OCH3 is 3. The number of benzene rings is 2. The molecule has 0 atom stereocenters. The molecule has 0 unspecified atom stereocenters. The first-order chi connectivity index (χ1) is 14.5. The van der Waals surface area contributed by atoms with Gasteiger partial charge in [-0.3, -0.25) is 10.1 Å². The highest BCUT2D eigenvalue weighted by Crippen LogP contribution is 2.38. The molecule has 0 saturated heterocycles. The maximum absolute atomic E-state index is 12.8. The Bertz CT molecular complexity index is 1210. The molecule has 0 aliphatic rings. The molecule has 0 fully saturated rings. The van der Waals surface area contributed by atoms with Gasteiger partial charge in [-0.05, 0) is 24.3 Å². The molecule has 4 rings (SSSR count). The summed E-state index contributed by atoms with van der Waals surface area (Å²) in [6.45, 7) is 0. The number of amides is 1. The van der Waals surface area contributed by atoms with E-state index in [9.17, 15) is 4.79 Å². The van der Waals surface area contributed by atoms with Gasteiger partial charge in [-0.15, -0.1) is 15.3 Å². The minimum Gasteiger partial charge on any atom is -0.493 e. The lowest BCUT2D eigenvalue weighted by Gasteiger charge is -2.13. The lowest BCUT2D eigenvalue weighted by Crippen LogP contribution is -2.13. The Morgan fingerprint density at radius 3 is 2.43 bits per heavy atom. The van der Waals surface area contributed by atoms with Crippen LogP contribution in [0, 0.1) is 0 Å². The second-order valence-corrected chi connectivity index (χ2v) is 7.40. The van der Waals surface area contributed by atoms with Gasteiger partial charge >= 0.3 is 0 Å². The lowest BCUT2D eigenvalue weighted by atomic mass is 10.1. The van der Waals surface area contributed by atoms with Crippen LogP contribution in [0.15, 0.2) is 36.4 Å². The van der Waals surface area contributed by atoms with Crippen LogP contribution in [0.2, 0.25) is 5.02 Å². The largest absolute Gasteiger partial charge is 0.493 e. The molecule has 154 valence electrons. The minimum atomic E-state index is -0.386. The second kappa shape index (κ2) is 8.17. The van der Waals surface area contributed by atoms with Gasteiger partial charge in [0.25, 0.3) is 5.91 Å². The summed E-state index contributed by atoms with van der Waals surface area (Å²) in [6, 6.07) is 10.3. The molecular weight excluding hydrogens is 430 g/mol. The van der Waals surface area contributed by atoms with Crippen LogP contribution >= 0.6 is 22.9 Å². The number of carbonyl (C=O) groups is 1. The Balaban J connectivity index is 1.64. The first-order valence-corrected chi connectivity index (χ1v) is 9.83. The number of nitrogens with one attached hydrogen (secondary N) is 1. The molecule has 9 nitrogen and oxygen atoms in total. The van der Waals surface area contributed by atoms with Gasteiger partial charge in [-0.2, -0.15) is 4.52 Å². The van der Waals surface area contributed by atoms with E-state index in [0.717, 1.165) is 5.56 Å². The van der Waals surface area contributed by atoms with Crippen LogP contribution in [0.25, 0.3) is 16.3 Å². The summed E-state index contributed by atoms with van der Waals surface area (Å²) in [5, 5.41) is 16.4. The van der Waals surface area contributed by atoms with E-state index in [1.165, 1.54) is 32.7 Å². The Kier molecular flexibility index (Phi) is 5.42. The minimum absolute atomic E-state index is 0.325. The quantitative estimate of drug-likeness (QED) is 0.482. The molecule has 2 aromatic heterocycles. The van der Waals surface area contributed by atoms with E-state index < -0.39 is 0 Å². The van der Waals surface area contributed by atoms with Crippen molar-refractivity contribution in [2.24, 2.45) is 0 Å². The Morgan fingerprint density at radius 1 is 1.07 bits per heavy atom. The Hall–Kier alpha value is -3.37. The maximum Gasteiger partial charge on any atom is 0.257 e. The molecule has 4 aromatic rings. The summed E-state index contributed by atoms with van der Waals surface area (Å²) in [4.78, 5) is 13.3. The van der Waals surface area contributed by atoms with E-state index in [2.05, 4.69) is 20.6 Å². The van der Waals surface area contributed by atoms with Gasteiger partial charge in [0.15, 0.2) is 17.3 Å². The van der Waals surface area contributed by atoms with Crippen molar-refractivity contribution in [3.8, 4) is 28.6 Å². The predicted octanol–water partition coefficient (Wildman–Crippen LogP) is 3.78. The van der Waals surface area contributed by atoms with E-state index >= 15 is 0 Å². The fourth-order valence-corrected chi connectivity index (χ4v) is 3.78. The summed E-state index contributed by atoms with van der Waals surface area (Å²) < 4.78 is 17.4. The lowest BCUT2D eigenvalue weighted by molar-refractivity contribution is 0.102. The third-order valence-corrected chi connectivity index (χ3v) is 5.27. The molecular formula is C19H16ClN5O4S. The third-order valence-electron chi connectivity index (χ3n) is 4.22. The molecule has 0 bridgehead atoms. The van der Waals surface area contributed by atoms with E-state index in [1.54, 1.807) is 28.8 Å². The number of hydrogen-bond donors (Lipinski definition) is 1. The molecule has 0 saturated carbocycles. The number of carbonyl (C=O) groups excluding carboxylic acids is 1. The number of aromatic nitrogens is 4. The number of anilines is 1. The number of halogens is 1. The van der Waals surface area contributed by atoms with Crippen LogP contribution in [-0.2, 0) is 0 Å². The zero-order valence-corrected chi connectivity index (χ0v) is 17.7. The van der Waals surface area contributed by atoms with Gasteiger partial charge in [0.05, 0.1) is 21.3 Å². The number of fused-ring (bicyclic) bond motifs is 1. The van der Waals surface area contributed by atoms with E-state index in [-0.39, 0.29) is 5.91 Å². The molecule has 0 aliphatic carbocycles.